The van der Waals surface area contributed by atoms with Crippen LogP contribution in [0.25, 0.3) is 0 Å². The second-order valence-electron chi connectivity index (χ2n) is 5.49. The summed E-state index contributed by atoms with van der Waals surface area (Å²) in [5.74, 6) is 0.593. The van der Waals surface area contributed by atoms with Gasteiger partial charge < -0.3 is 5.32 Å². The van der Waals surface area contributed by atoms with Gasteiger partial charge in [0.2, 0.25) is 10.0 Å². The van der Waals surface area contributed by atoms with Crippen molar-refractivity contribution < 1.29 is 8.42 Å². The molecule has 0 amide bonds. The maximum atomic E-state index is 12.3. The minimum absolute atomic E-state index is 0.0262. The molecule has 1 heterocycles. The van der Waals surface area contributed by atoms with E-state index in [0.717, 1.165) is 30.8 Å². The van der Waals surface area contributed by atoms with Gasteiger partial charge in [-0.05, 0) is 44.4 Å². The molecule has 6 heteroatoms. The highest BCUT2D eigenvalue weighted by molar-refractivity contribution is 7.91. The van der Waals surface area contributed by atoms with E-state index in [4.69, 9.17) is 0 Å². The van der Waals surface area contributed by atoms with Gasteiger partial charge in [0.1, 0.15) is 4.21 Å². The van der Waals surface area contributed by atoms with Crippen molar-refractivity contribution in [2.75, 3.05) is 6.54 Å². The van der Waals surface area contributed by atoms with Crippen molar-refractivity contribution in [1.82, 2.24) is 10.0 Å². The Hall–Kier alpha value is -0.430. The monoisotopic (exact) mass is 318 g/mol. The number of thiophene rings is 1. The molecular formula is C14H26N2O2S2. The lowest BCUT2D eigenvalue weighted by Crippen LogP contribution is -2.32. The van der Waals surface area contributed by atoms with Crippen LogP contribution < -0.4 is 10.0 Å². The van der Waals surface area contributed by atoms with E-state index in [9.17, 15) is 8.42 Å². The van der Waals surface area contributed by atoms with Crippen LogP contribution in [-0.2, 0) is 16.6 Å². The maximum absolute atomic E-state index is 12.3. The second-order valence-corrected chi connectivity index (χ2v) is 8.60. The van der Waals surface area contributed by atoms with Crippen molar-refractivity contribution in [3.63, 3.8) is 0 Å². The Morgan fingerprint density at radius 2 is 1.90 bits per heavy atom. The van der Waals surface area contributed by atoms with Gasteiger partial charge in [-0.3, -0.25) is 0 Å². The third-order valence-electron chi connectivity index (χ3n) is 2.98. The Morgan fingerprint density at radius 3 is 2.50 bits per heavy atom. The zero-order valence-corrected chi connectivity index (χ0v) is 14.4. The first-order valence-corrected chi connectivity index (χ1v) is 9.47. The lowest BCUT2D eigenvalue weighted by atomic mass is 10.1. The van der Waals surface area contributed by atoms with E-state index in [-0.39, 0.29) is 6.04 Å². The minimum Gasteiger partial charge on any atom is -0.312 e. The zero-order valence-electron chi connectivity index (χ0n) is 12.8. The molecule has 0 aromatic carbocycles. The third kappa shape index (κ3) is 5.91. The molecule has 1 aromatic rings. The molecule has 0 saturated heterocycles. The van der Waals surface area contributed by atoms with Gasteiger partial charge in [0.15, 0.2) is 0 Å². The van der Waals surface area contributed by atoms with E-state index in [2.05, 4.69) is 23.9 Å². The Morgan fingerprint density at radius 1 is 1.20 bits per heavy atom. The van der Waals surface area contributed by atoms with Gasteiger partial charge in [0.25, 0.3) is 0 Å². The molecule has 0 aliphatic carbocycles. The van der Waals surface area contributed by atoms with E-state index < -0.39 is 10.0 Å². The molecule has 1 rings (SSSR count). The summed E-state index contributed by atoms with van der Waals surface area (Å²) < 4.78 is 27.7. The summed E-state index contributed by atoms with van der Waals surface area (Å²) in [4.78, 5) is 1.04. The first kappa shape index (κ1) is 17.6. The topological polar surface area (TPSA) is 58.2 Å². The van der Waals surface area contributed by atoms with Gasteiger partial charge in [0.05, 0.1) is 0 Å². The maximum Gasteiger partial charge on any atom is 0.250 e. The van der Waals surface area contributed by atoms with Crippen LogP contribution in [0.2, 0.25) is 0 Å². The largest absolute Gasteiger partial charge is 0.312 e. The average Bonchev–Trinajstić information content (AvgIpc) is 2.83. The summed E-state index contributed by atoms with van der Waals surface area (Å²) in [5, 5.41) is 3.20. The number of hydrogen-bond acceptors (Lipinski definition) is 4. The van der Waals surface area contributed by atoms with E-state index in [1.165, 1.54) is 11.3 Å². The smallest absolute Gasteiger partial charge is 0.250 e. The Kier molecular flexibility index (Phi) is 7.15. The molecule has 1 unspecified atom stereocenters. The van der Waals surface area contributed by atoms with Crippen LogP contribution in [-0.4, -0.2) is 21.0 Å². The van der Waals surface area contributed by atoms with Crippen molar-refractivity contribution >= 4 is 21.4 Å². The predicted molar refractivity (Wildman–Crippen MR) is 85.6 cm³/mol. The van der Waals surface area contributed by atoms with Gasteiger partial charge in [-0.1, -0.05) is 20.8 Å². The Bertz CT molecular complexity index is 495. The number of hydrogen-bond donors (Lipinski definition) is 2. The molecule has 20 heavy (non-hydrogen) atoms. The van der Waals surface area contributed by atoms with Crippen LogP contribution in [0, 0.1) is 5.92 Å². The first-order valence-electron chi connectivity index (χ1n) is 7.17. The van der Waals surface area contributed by atoms with Gasteiger partial charge >= 0.3 is 0 Å². The lowest BCUT2D eigenvalue weighted by molar-refractivity contribution is 0.486. The highest BCUT2D eigenvalue weighted by Crippen LogP contribution is 2.22. The summed E-state index contributed by atoms with van der Waals surface area (Å²) in [5.41, 5.74) is 0. The third-order valence-corrected chi connectivity index (χ3v) is 6.15. The van der Waals surface area contributed by atoms with Crippen LogP contribution in [0.15, 0.2) is 16.3 Å². The summed E-state index contributed by atoms with van der Waals surface area (Å²) in [6, 6.07) is 3.54. The molecule has 0 bridgehead atoms. The average molecular weight is 319 g/mol. The molecule has 0 aliphatic heterocycles. The van der Waals surface area contributed by atoms with Gasteiger partial charge in [-0.2, -0.15) is 0 Å². The first-order chi connectivity index (χ1) is 9.35. The second kappa shape index (κ2) is 8.12. The van der Waals surface area contributed by atoms with Crippen LogP contribution in [0.4, 0.5) is 0 Å². The van der Waals surface area contributed by atoms with Gasteiger partial charge in [0, 0.05) is 17.5 Å². The fourth-order valence-electron chi connectivity index (χ4n) is 1.81. The van der Waals surface area contributed by atoms with Gasteiger partial charge in [-0.15, -0.1) is 11.3 Å². The molecule has 4 nitrogen and oxygen atoms in total. The summed E-state index contributed by atoms with van der Waals surface area (Å²) in [6.07, 6.45) is 1.90. The summed E-state index contributed by atoms with van der Waals surface area (Å²) in [6.45, 7) is 9.85. The lowest BCUT2D eigenvalue weighted by Gasteiger charge is -2.14. The van der Waals surface area contributed by atoms with Crippen LogP contribution >= 0.6 is 11.3 Å². The fraction of sp³-hybridized carbons (Fsp3) is 0.714. The normalized spacial score (nSPS) is 13.8. The molecular weight excluding hydrogens is 292 g/mol. The van der Waals surface area contributed by atoms with E-state index in [1.807, 2.05) is 19.9 Å². The standard InChI is InChI=1S/C14H26N2O2S2/c1-5-15-10-13-8-9-14(19-13)20(17,18)16-12(4)7-6-11(2)3/h8-9,11-12,15-16H,5-7,10H2,1-4H3. The summed E-state index contributed by atoms with van der Waals surface area (Å²) in [7, 11) is -3.37. The number of sulfonamides is 1. The Balaban J connectivity index is 2.61. The van der Waals surface area contributed by atoms with Crippen molar-refractivity contribution in [3.8, 4) is 0 Å². The Labute approximate surface area is 127 Å². The molecule has 0 fully saturated rings. The number of nitrogens with one attached hydrogen (secondary N) is 2. The van der Waals surface area contributed by atoms with Crippen LogP contribution in [0.1, 0.15) is 45.4 Å². The molecule has 1 atom stereocenters. The molecule has 116 valence electrons. The molecule has 0 radical (unpaired) electrons. The molecule has 0 spiro atoms. The molecule has 0 aliphatic rings. The highest BCUT2D eigenvalue weighted by Gasteiger charge is 2.19. The predicted octanol–water partition coefficient (Wildman–Crippen LogP) is 2.96. The molecule has 2 N–H and O–H groups in total. The van der Waals surface area contributed by atoms with Crippen molar-refractivity contribution in [2.45, 2.75) is 57.3 Å². The summed E-state index contributed by atoms with van der Waals surface area (Å²) >= 11 is 1.33. The van der Waals surface area contributed by atoms with Crippen LogP contribution in [0.5, 0.6) is 0 Å². The molecule has 0 saturated carbocycles. The van der Waals surface area contributed by atoms with Gasteiger partial charge in [-0.25, -0.2) is 13.1 Å². The minimum atomic E-state index is -3.37. The SMILES string of the molecule is CCNCc1ccc(S(=O)(=O)NC(C)CCC(C)C)s1. The van der Waals surface area contributed by atoms with Crippen molar-refractivity contribution in [3.05, 3.63) is 17.0 Å². The van der Waals surface area contributed by atoms with E-state index in [0.29, 0.717) is 10.1 Å². The van der Waals surface area contributed by atoms with Crippen molar-refractivity contribution in [2.24, 2.45) is 5.92 Å². The van der Waals surface area contributed by atoms with Crippen molar-refractivity contribution in [1.29, 1.82) is 0 Å². The number of rotatable bonds is 9. The van der Waals surface area contributed by atoms with E-state index in [1.54, 1.807) is 6.07 Å². The van der Waals surface area contributed by atoms with Crippen LogP contribution in [0.3, 0.4) is 0 Å². The molecule has 1 aromatic heterocycles. The quantitative estimate of drug-likeness (QED) is 0.736. The zero-order chi connectivity index (χ0) is 15.2. The van der Waals surface area contributed by atoms with E-state index >= 15 is 0 Å². The fourth-order valence-corrected chi connectivity index (χ4v) is 4.43. The highest BCUT2D eigenvalue weighted by atomic mass is 32.2.